The number of aliphatic hydroxyl groups excluding tert-OH is 1. The molecule has 0 spiro atoms. The van der Waals surface area contributed by atoms with E-state index in [1.54, 1.807) is 0 Å². The van der Waals surface area contributed by atoms with Gasteiger partial charge in [-0.15, -0.1) is 0 Å². The summed E-state index contributed by atoms with van der Waals surface area (Å²) in [5.41, 5.74) is -0.139. The van der Waals surface area contributed by atoms with Crippen molar-refractivity contribution in [3.05, 3.63) is 64.2 Å². The molecule has 0 aromatic heterocycles. The first-order valence-electron chi connectivity index (χ1n) is 9.80. The van der Waals surface area contributed by atoms with Gasteiger partial charge in [-0.25, -0.2) is 17.2 Å². The molecule has 0 radical (unpaired) electrons. The van der Waals surface area contributed by atoms with Crippen molar-refractivity contribution in [2.24, 2.45) is 5.92 Å². The lowest BCUT2D eigenvalue weighted by Gasteiger charge is -2.30. The molecular formula is C21H23ClF2N2O4S. The minimum atomic E-state index is -3.88. The number of hydrogen-bond donors (Lipinski definition) is 2. The van der Waals surface area contributed by atoms with E-state index < -0.39 is 33.7 Å². The van der Waals surface area contributed by atoms with Crippen molar-refractivity contribution in [3.8, 4) is 0 Å². The van der Waals surface area contributed by atoms with Crippen LogP contribution in [0.5, 0.6) is 0 Å². The van der Waals surface area contributed by atoms with Crippen LogP contribution in [-0.4, -0.2) is 43.4 Å². The molecule has 1 aliphatic rings. The number of sulfonamides is 1. The van der Waals surface area contributed by atoms with E-state index in [1.165, 1.54) is 22.5 Å². The molecule has 2 atom stereocenters. The third-order valence-electron chi connectivity index (χ3n) is 5.21. The van der Waals surface area contributed by atoms with E-state index in [1.807, 2.05) is 6.92 Å². The van der Waals surface area contributed by atoms with E-state index in [0.29, 0.717) is 19.2 Å². The highest BCUT2D eigenvalue weighted by atomic mass is 35.5. The van der Waals surface area contributed by atoms with Gasteiger partial charge in [-0.1, -0.05) is 24.6 Å². The van der Waals surface area contributed by atoms with Crippen LogP contribution in [0.2, 0.25) is 5.02 Å². The van der Waals surface area contributed by atoms with Gasteiger partial charge in [0, 0.05) is 36.8 Å². The van der Waals surface area contributed by atoms with Crippen LogP contribution < -0.4 is 5.32 Å². The Labute approximate surface area is 184 Å². The van der Waals surface area contributed by atoms with E-state index in [4.69, 9.17) is 11.6 Å². The number of amides is 1. The van der Waals surface area contributed by atoms with Crippen LogP contribution in [0.15, 0.2) is 41.3 Å². The number of nitrogens with one attached hydrogen (secondary N) is 1. The third-order valence-corrected chi connectivity index (χ3v) is 7.56. The van der Waals surface area contributed by atoms with Crippen LogP contribution in [0.3, 0.4) is 0 Å². The van der Waals surface area contributed by atoms with Gasteiger partial charge in [-0.2, -0.15) is 4.31 Å². The fraction of sp³-hybridized carbons (Fsp3) is 0.381. The Morgan fingerprint density at radius 1 is 1.29 bits per heavy atom. The van der Waals surface area contributed by atoms with Crippen molar-refractivity contribution >= 4 is 27.5 Å². The molecule has 10 heteroatoms. The summed E-state index contributed by atoms with van der Waals surface area (Å²) in [6, 6.07) is 6.61. The van der Waals surface area contributed by atoms with Gasteiger partial charge in [0.15, 0.2) is 0 Å². The second-order valence-corrected chi connectivity index (χ2v) is 9.96. The molecular weight excluding hydrogens is 450 g/mol. The molecule has 0 bridgehead atoms. The third kappa shape index (κ3) is 5.41. The van der Waals surface area contributed by atoms with Crippen molar-refractivity contribution in [2.45, 2.75) is 30.8 Å². The molecule has 31 heavy (non-hydrogen) atoms. The highest BCUT2D eigenvalue weighted by Gasteiger charge is 2.31. The van der Waals surface area contributed by atoms with E-state index in [2.05, 4.69) is 5.32 Å². The first-order chi connectivity index (χ1) is 14.6. The van der Waals surface area contributed by atoms with Gasteiger partial charge < -0.3 is 10.4 Å². The van der Waals surface area contributed by atoms with E-state index >= 15 is 0 Å². The molecule has 1 heterocycles. The van der Waals surface area contributed by atoms with Crippen molar-refractivity contribution in [1.29, 1.82) is 0 Å². The van der Waals surface area contributed by atoms with E-state index in [0.717, 1.165) is 25.0 Å². The highest BCUT2D eigenvalue weighted by molar-refractivity contribution is 7.89. The molecule has 168 valence electrons. The minimum Gasteiger partial charge on any atom is -0.386 e. The van der Waals surface area contributed by atoms with E-state index in [9.17, 15) is 27.1 Å². The lowest BCUT2D eigenvalue weighted by atomic mass is 10.0. The highest BCUT2D eigenvalue weighted by Crippen LogP contribution is 2.29. The molecule has 1 saturated heterocycles. The number of hydrogen-bond acceptors (Lipinski definition) is 4. The Bertz CT molecular complexity index is 1080. The summed E-state index contributed by atoms with van der Waals surface area (Å²) in [5.74, 6) is -2.16. The predicted octanol–water partition coefficient (Wildman–Crippen LogP) is 3.50. The monoisotopic (exact) mass is 472 g/mol. The van der Waals surface area contributed by atoms with Gasteiger partial charge >= 0.3 is 0 Å². The fourth-order valence-corrected chi connectivity index (χ4v) is 5.62. The maximum Gasteiger partial charge on any atom is 0.251 e. The number of benzene rings is 2. The number of rotatable bonds is 6. The summed E-state index contributed by atoms with van der Waals surface area (Å²) in [5, 5.41) is 12.5. The molecule has 0 saturated carbocycles. The Balaban J connectivity index is 1.75. The molecule has 0 aliphatic carbocycles. The average molecular weight is 473 g/mol. The normalized spacial score (nSPS) is 18.5. The maximum atomic E-state index is 13.8. The van der Waals surface area contributed by atoms with Gasteiger partial charge in [-0.3, -0.25) is 4.79 Å². The lowest BCUT2D eigenvalue weighted by Crippen LogP contribution is -2.39. The maximum absolute atomic E-state index is 13.8. The average Bonchev–Trinajstić information content (AvgIpc) is 2.72. The summed E-state index contributed by atoms with van der Waals surface area (Å²) in [6.45, 7) is 2.39. The summed E-state index contributed by atoms with van der Waals surface area (Å²) in [6.07, 6.45) is 0.282. The van der Waals surface area contributed by atoms with Crippen LogP contribution >= 0.6 is 11.6 Å². The van der Waals surface area contributed by atoms with Crippen molar-refractivity contribution < 1.29 is 27.1 Å². The first-order valence-corrected chi connectivity index (χ1v) is 11.6. The molecule has 1 amide bonds. The molecule has 1 aliphatic heterocycles. The second kappa shape index (κ2) is 9.60. The summed E-state index contributed by atoms with van der Waals surface area (Å²) >= 11 is 6.13. The standard InChI is InChI=1S/C21H23ClF2N2O4S/c1-13-3-2-8-26(12-13)31(29,30)20-9-14(4-7-17(20)22)21(28)25-11-19(27)16-6-5-15(23)10-18(16)24/h4-7,9-10,13,19,27H,2-3,8,11-12H2,1H3,(H,25,28). The topological polar surface area (TPSA) is 86.7 Å². The Morgan fingerprint density at radius 2 is 2.03 bits per heavy atom. The zero-order valence-corrected chi connectivity index (χ0v) is 18.4. The largest absolute Gasteiger partial charge is 0.386 e. The zero-order valence-electron chi connectivity index (χ0n) is 16.8. The minimum absolute atomic E-state index is 0.00296. The smallest absolute Gasteiger partial charge is 0.251 e. The van der Waals surface area contributed by atoms with Crippen LogP contribution in [0, 0.1) is 17.6 Å². The van der Waals surface area contributed by atoms with Crippen LogP contribution in [0.1, 0.15) is 41.8 Å². The molecule has 2 aromatic rings. The molecule has 2 unspecified atom stereocenters. The number of halogens is 3. The fourth-order valence-electron chi connectivity index (χ4n) is 3.52. The molecule has 2 N–H and O–H groups in total. The van der Waals surface area contributed by atoms with Crippen molar-refractivity contribution in [1.82, 2.24) is 9.62 Å². The predicted molar refractivity (Wildman–Crippen MR) is 112 cm³/mol. The van der Waals surface area contributed by atoms with Crippen LogP contribution in [-0.2, 0) is 10.0 Å². The van der Waals surface area contributed by atoms with Gasteiger partial charge in [-0.05, 0) is 43.0 Å². The van der Waals surface area contributed by atoms with Crippen molar-refractivity contribution in [2.75, 3.05) is 19.6 Å². The quantitative estimate of drug-likeness (QED) is 0.673. The molecule has 6 nitrogen and oxygen atoms in total. The zero-order chi connectivity index (χ0) is 22.8. The molecule has 3 rings (SSSR count). The summed E-state index contributed by atoms with van der Waals surface area (Å²) in [4.78, 5) is 12.3. The SMILES string of the molecule is CC1CCCN(S(=O)(=O)c2cc(C(=O)NCC(O)c3ccc(F)cc3F)ccc2Cl)C1. The van der Waals surface area contributed by atoms with Crippen LogP contribution in [0.4, 0.5) is 8.78 Å². The molecule has 1 fully saturated rings. The van der Waals surface area contributed by atoms with E-state index in [-0.39, 0.29) is 33.5 Å². The van der Waals surface area contributed by atoms with Gasteiger partial charge in [0.05, 0.1) is 11.1 Å². The lowest BCUT2D eigenvalue weighted by molar-refractivity contribution is 0.0913. The number of piperidine rings is 1. The number of carbonyl (C=O) groups excluding carboxylic acids is 1. The van der Waals surface area contributed by atoms with Gasteiger partial charge in [0.2, 0.25) is 10.0 Å². The summed E-state index contributed by atoms with van der Waals surface area (Å²) < 4.78 is 54.2. The summed E-state index contributed by atoms with van der Waals surface area (Å²) in [7, 11) is -3.88. The Kier molecular flexibility index (Phi) is 7.31. The Hall–Kier alpha value is -2.07. The Morgan fingerprint density at radius 3 is 2.71 bits per heavy atom. The number of aliphatic hydroxyl groups is 1. The number of nitrogens with zero attached hydrogens (tertiary/aromatic N) is 1. The second-order valence-electron chi connectivity index (χ2n) is 7.65. The van der Waals surface area contributed by atoms with Crippen LogP contribution in [0.25, 0.3) is 0 Å². The molecule has 2 aromatic carbocycles. The van der Waals surface area contributed by atoms with Gasteiger partial charge in [0.25, 0.3) is 5.91 Å². The van der Waals surface area contributed by atoms with Gasteiger partial charge in [0.1, 0.15) is 16.5 Å². The first kappa shape index (κ1) is 23.6. The number of carbonyl (C=O) groups is 1. The van der Waals surface area contributed by atoms with Crippen molar-refractivity contribution in [3.63, 3.8) is 0 Å².